The van der Waals surface area contributed by atoms with Crippen molar-refractivity contribution in [1.29, 1.82) is 0 Å². The second kappa shape index (κ2) is 7.45. The molecule has 2 heterocycles. The molecule has 1 N–H and O–H groups in total. The van der Waals surface area contributed by atoms with Crippen LogP contribution in [-0.4, -0.2) is 42.4 Å². The van der Waals surface area contributed by atoms with Crippen LogP contribution >= 0.6 is 11.3 Å². The maximum atomic E-state index is 12.3. The molecular formula is C16H16N4O5S2. The lowest BCUT2D eigenvalue weighted by Crippen LogP contribution is -2.23. The molecule has 3 aromatic rings. The molecule has 0 saturated carbocycles. The summed E-state index contributed by atoms with van der Waals surface area (Å²) in [5, 5.41) is 10.7. The maximum Gasteiger partial charge on any atom is 0.322 e. The molecule has 1 amide bonds. The van der Waals surface area contributed by atoms with Crippen molar-refractivity contribution < 1.29 is 22.4 Å². The third-order valence-corrected chi connectivity index (χ3v) is 6.20. The number of carbonyl (C=O) groups is 1. The minimum absolute atomic E-state index is 0.0143. The molecule has 0 atom stereocenters. The number of rotatable bonds is 6. The van der Waals surface area contributed by atoms with Gasteiger partial charge in [0.15, 0.2) is 9.84 Å². The molecule has 0 saturated heterocycles. The molecule has 0 unspecified atom stereocenters. The first-order chi connectivity index (χ1) is 12.8. The van der Waals surface area contributed by atoms with E-state index >= 15 is 0 Å². The van der Waals surface area contributed by atoms with Crippen molar-refractivity contribution in [2.45, 2.75) is 18.7 Å². The zero-order chi connectivity index (χ0) is 19.6. The minimum atomic E-state index is -3.82. The maximum absolute atomic E-state index is 12.3. The van der Waals surface area contributed by atoms with Crippen LogP contribution in [0.3, 0.4) is 0 Å². The number of nitrogens with zero attached hydrogens (tertiary/aromatic N) is 3. The number of hydrogen-bond donors (Lipinski definition) is 1. The van der Waals surface area contributed by atoms with Gasteiger partial charge in [0.25, 0.3) is 5.89 Å². The van der Waals surface area contributed by atoms with E-state index in [1.807, 2.05) is 13.8 Å². The molecule has 0 aliphatic carbocycles. The number of nitrogens with one attached hydrogen (secondary N) is 1. The summed E-state index contributed by atoms with van der Waals surface area (Å²) >= 11 is 1.38. The lowest BCUT2D eigenvalue weighted by atomic mass is 10.3. The Bertz CT molecular complexity index is 1070. The minimum Gasteiger partial charge on any atom is -0.497 e. The van der Waals surface area contributed by atoms with E-state index in [9.17, 15) is 13.2 Å². The molecule has 1 aromatic carbocycles. The Hall–Kier alpha value is -2.79. The normalized spacial score (nSPS) is 11.4. The van der Waals surface area contributed by atoms with Gasteiger partial charge in [0.1, 0.15) is 16.4 Å². The Morgan fingerprint density at radius 2 is 1.93 bits per heavy atom. The number of ether oxygens (including phenoxy) is 1. The van der Waals surface area contributed by atoms with Gasteiger partial charge in [-0.25, -0.2) is 13.4 Å². The monoisotopic (exact) mass is 408 g/mol. The van der Waals surface area contributed by atoms with E-state index in [4.69, 9.17) is 9.15 Å². The van der Waals surface area contributed by atoms with Gasteiger partial charge in [0.2, 0.25) is 5.91 Å². The Morgan fingerprint density at radius 3 is 2.52 bits per heavy atom. The van der Waals surface area contributed by atoms with Crippen LogP contribution in [-0.2, 0) is 14.6 Å². The van der Waals surface area contributed by atoms with E-state index in [1.54, 1.807) is 0 Å². The van der Waals surface area contributed by atoms with Gasteiger partial charge >= 0.3 is 6.01 Å². The summed E-state index contributed by atoms with van der Waals surface area (Å²) in [7, 11) is -2.34. The number of amides is 1. The SMILES string of the molecule is COc1ccc(S(=O)(=O)CC(=O)Nc2nnc(-c3sc(C)nc3C)o2)cc1. The molecule has 0 radical (unpaired) electrons. The number of carbonyl (C=O) groups excluding carboxylic acids is 1. The summed E-state index contributed by atoms with van der Waals surface area (Å²) in [5.74, 6) is -0.801. The van der Waals surface area contributed by atoms with Gasteiger partial charge in [0.05, 0.1) is 22.7 Å². The molecule has 0 fully saturated rings. The highest BCUT2D eigenvalue weighted by Gasteiger charge is 2.22. The molecule has 142 valence electrons. The first-order valence-electron chi connectivity index (χ1n) is 7.73. The lowest BCUT2D eigenvalue weighted by molar-refractivity contribution is -0.114. The number of aryl methyl sites for hydroxylation is 2. The molecule has 3 rings (SSSR count). The van der Waals surface area contributed by atoms with Crippen LogP contribution in [0.15, 0.2) is 33.6 Å². The fourth-order valence-corrected chi connectivity index (χ4v) is 4.27. The van der Waals surface area contributed by atoms with E-state index in [0.717, 1.165) is 10.7 Å². The summed E-state index contributed by atoms with van der Waals surface area (Å²) in [4.78, 5) is 17.1. The number of sulfone groups is 1. The molecule has 11 heteroatoms. The van der Waals surface area contributed by atoms with Crippen molar-refractivity contribution >= 4 is 33.1 Å². The molecular weight excluding hydrogens is 392 g/mol. The van der Waals surface area contributed by atoms with Crippen LogP contribution in [0.1, 0.15) is 10.7 Å². The molecule has 9 nitrogen and oxygen atoms in total. The average Bonchev–Trinajstić information content (AvgIpc) is 3.20. The molecule has 0 spiro atoms. The van der Waals surface area contributed by atoms with Gasteiger partial charge in [-0.2, -0.15) is 0 Å². The highest BCUT2D eigenvalue weighted by atomic mass is 32.2. The number of thiazole rings is 1. The number of methoxy groups -OCH3 is 1. The fourth-order valence-electron chi connectivity index (χ4n) is 2.29. The topological polar surface area (TPSA) is 124 Å². The van der Waals surface area contributed by atoms with Crippen LogP contribution in [0.25, 0.3) is 10.8 Å². The van der Waals surface area contributed by atoms with E-state index in [2.05, 4.69) is 20.5 Å². The largest absolute Gasteiger partial charge is 0.497 e. The number of benzene rings is 1. The summed E-state index contributed by atoms with van der Waals surface area (Å²) in [5.41, 5.74) is 0.737. The van der Waals surface area contributed by atoms with Crippen molar-refractivity contribution in [2.24, 2.45) is 0 Å². The third-order valence-electron chi connectivity index (χ3n) is 3.51. The quantitative estimate of drug-likeness (QED) is 0.658. The Morgan fingerprint density at radius 1 is 1.22 bits per heavy atom. The molecule has 27 heavy (non-hydrogen) atoms. The van der Waals surface area contributed by atoms with Crippen LogP contribution in [0.2, 0.25) is 0 Å². The van der Waals surface area contributed by atoms with Crippen molar-refractivity contribution in [3.8, 4) is 16.5 Å². The summed E-state index contributed by atoms with van der Waals surface area (Å²) in [6.07, 6.45) is 0. The van der Waals surface area contributed by atoms with Crippen molar-refractivity contribution in [1.82, 2.24) is 15.2 Å². The zero-order valence-electron chi connectivity index (χ0n) is 14.7. The van der Waals surface area contributed by atoms with E-state index in [0.29, 0.717) is 10.6 Å². The Labute approximate surface area is 159 Å². The highest BCUT2D eigenvalue weighted by Crippen LogP contribution is 2.29. The van der Waals surface area contributed by atoms with Gasteiger partial charge in [-0.15, -0.1) is 16.4 Å². The van der Waals surface area contributed by atoms with E-state index in [1.165, 1.54) is 42.7 Å². The van der Waals surface area contributed by atoms with Crippen molar-refractivity contribution in [3.63, 3.8) is 0 Å². The van der Waals surface area contributed by atoms with Crippen molar-refractivity contribution in [3.05, 3.63) is 35.0 Å². The average molecular weight is 408 g/mol. The molecule has 0 aliphatic rings. The van der Waals surface area contributed by atoms with Gasteiger partial charge in [-0.05, 0) is 38.1 Å². The summed E-state index contributed by atoms with van der Waals surface area (Å²) in [6.45, 7) is 3.66. The number of anilines is 1. The van der Waals surface area contributed by atoms with Crippen LogP contribution in [0.4, 0.5) is 6.01 Å². The number of hydrogen-bond acceptors (Lipinski definition) is 9. The lowest BCUT2D eigenvalue weighted by Gasteiger charge is -2.05. The Kier molecular flexibility index (Phi) is 5.24. The molecule has 0 aliphatic heterocycles. The van der Waals surface area contributed by atoms with Gasteiger partial charge in [-0.1, -0.05) is 5.10 Å². The highest BCUT2D eigenvalue weighted by molar-refractivity contribution is 7.92. The zero-order valence-corrected chi connectivity index (χ0v) is 16.3. The van der Waals surface area contributed by atoms with Gasteiger partial charge < -0.3 is 9.15 Å². The predicted molar refractivity (Wildman–Crippen MR) is 98.6 cm³/mol. The Balaban J connectivity index is 1.69. The van der Waals surface area contributed by atoms with Crippen LogP contribution in [0.5, 0.6) is 5.75 Å². The first kappa shape index (κ1) is 19.0. The van der Waals surface area contributed by atoms with E-state index < -0.39 is 21.5 Å². The summed E-state index contributed by atoms with van der Waals surface area (Å²) < 4.78 is 35.0. The van der Waals surface area contributed by atoms with Crippen LogP contribution in [0, 0.1) is 13.8 Å². The molecule has 2 aromatic heterocycles. The van der Waals surface area contributed by atoms with Gasteiger partial charge in [0, 0.05) is 0 Å². The second-order valence-corrected chi connectivity index (χ2v) is 8.74. The van der Waals surface area contributed by atoms with Crippen molar-refractivity contribution in [2.75, 3.05) is 18.2 Å². The summed E-state index contributed by atoms with van der Waals surface area (Å²) in [6, 6.07) is 5.59. The third kappa shape index (κ3) is 4.31. The first-order valence-corrected chi connectivity index (χ1v) is 10.2. The second-order valence-electron chi connectivity index (χ2n) is 5.54. The van der Waals surface area contributed by atoms with Crippen LogP contribution < -0.4 is 10.1 Å². The smallest absolute Gasteiger partial charge is 0.322 e. The number of aromatic nitrogens is 3. The van der Waals surface area contributed by atoms with Gasteiger partial charge in [-0.3, -0.25) is 10.1 Å². The fraction of sp³-hybridized carbons (Fsp3) is 0.250. The predicted octanol–water partition coefficient (Wildman–Crippen LogP) is 2.23. The van der Waals surface area contributed by atoms with E-state index in [-0.39, 0.29) is 16.8 Å². The molecule has 0 bridgehead atoms. The standard InChI is InChI=1S/C16H16N4O5S2/c1-9-14(26-10(2)17-9)15-19-20-16(25-15)18-13(21)8-27(22,23)12-6-4-11(24-3)5-7-12/h4-7H,8H2,1-3H3,(H,18,20,21).